The summed E-state index contributed by atoms with van der Waals surface area (Å²) in [6.07, 6.45) is 1.90. The Morgan fingerprint density at radius 2 is 2.17 bits per heavy atom. The van der Waals surface area contributed by atoms with Gasteiger partial charge in [0.25, 0.3) is 0 Å². The molecule has 5 rings (SSSR count). The number of rotatable bonds is 5. The van der Waals surface area contributed by atoms with Crippen LogP contribution in [-0.4, -0.2) is 35.5 Å². The third-order valence-electron chi connectivity index (χ3n) is 5.53. The number of aryl methyl sites for hydroxylation is 1. The van der Waals surface area contributed by atoms with E-state index in [-0.39, 0.29) is 18.5 Å². The van der Waals surface area contributed by atoms with Gasteiger partial charge in [0, 0.05) is 24.6 Å². The molecule has 7 heteroatoms. The van der Waals surface area contributed by atoms with E-state index in [0.717, 1.165) is 42.3 Å². The van der Waals surface area contributed by atoms with Crippen LogP contribution in [-0.2, 0) is 6.54 Å². The first kappa shape index (κ1) is 18.4. The van der Waals surface area contributed by atoms with E-state index in [1.54, 1.807) is 17.4 Å². The van der Waals surface area contributed by atoms with Crippen LogP contribution in [0.4, 0.5) is 0 Å². The predicted octanol–water partition coefficient (Wildman–Crippen LogP) is 4.54. The highest BCUT2D eigenvalue weighted by Gasteiger charge is 2.28. The lowest BCUT2D eigenvalue weighted by Crippen LogP contribution is -2.38. The molecule has 0 N–H and O–H groups in total. The molecule has 0 aliphatic carbocycles. The molecule has 1 fully saturated rings. The number of nitrogens with zero attached hydrogens (tertiary/aromatic N) is 2. The number of thiophene rings is 1. The predicted molar refractivity (Wildman–Crippen MR) is 109 cm³/mol. The fourth-order valence-corrected chi connectivity index (χ4v) is 4.64. The Balaban J connectivity index is 1.28. The molecule has 29 heavy (non-hydrogen) atoms. The first-order chi connectivity index (χ1) is 14.2. The normalized spacial score (nSPS) is 18.9. The highest BCUT2D eigenvalue weighted by Crippen LogP contribution is 2.34. The minimum Gasteiger partial charge on any atom is -0.454 e. The molecule has 1 unspecified atom stereocenters. The molecular formula is C22H22N2O4S. The maximum atomic E-state index is 13.1. The van der Waals surface area contributed by atoms with Crippen molar-refractivity contribution in [2.24, 2.45) is 5.92 Å². The van der Waals surface area contributed by atoms with Gasteiger partial charge >= 0.3 is 0 Å². The number of benzene rings is 1. The van der Waals surface area contributed by atoms with Crippen molar-refractivity contribution in [1.29, 1.82) is 0 Å². The van der Waals surface area contributed by atoms with E-state index in [1.165, 1.54) is 0 Å². The summed E-state index contributed by atoms with van der Waals surface area (Å²) in [5, 5.41) is 2.02. The van der Waals surface area contributed by atoms with Crippen molar-refractivity contribution in [2.75, 3.05) is 19.9 Å². The summed E-state index contributed by atoms with van der Waals surface area (Å²) < 4.78 is 16.6. The first-order valence-corrected chi connectivity index (χ1v) is 10.7. The van der Waals surface area contributed by atoms with Gasteiger partial charge in [-0.1, -0.05) is 6.07 Å². The summed E-state index contributed by atoms with van der Waals surface area (Å²) in [4.78, 5) is 21.1. The molecule has 2 aromatic heterocycles. The van der Waals surface area contributed by atoms with Gasteiger partial charge in [-0.25, -0.2) is 4.98 Å². The van der Waals surface area contributed by atoms with Gasteiger partial charge in [0.15, 0.2) is 17.3 Å². The lowest BCUT2D eigenvalue weighted by molar-refractivity contribution is 0.0809. The zero-order valence-electron chi connectivity index (χ0n) is 16.2. The number of likely N-dealkylation sites (tertiary alicyclic amines) is 1. The van der Waals surface area contributed by atoms with E-state index in [2.05, 4.69) is 4.90 Å². The standard InChI is InChI=1S/C22H22N2O4S/c1-14-17(23-22(28-14)20-5-3-9-29-20)12-24-8-2-4-16(11-24)21(25)15-6-7-18-19(10-15)27-13-26-18/h3,5-7,9-10,16H,2,4,8,11-13H2,1H3. The summed E-state index contributed by atoms with van der Waals surface area (Å²) in [7, 11) is 0. The van der Waals surface area contributed by atoms with Crippen LogP contribution in [0.15, 0.2) is 40.1 Å². The second-order valence-electron chi connectivity index (χ2n) is 7.51. The number of aromatic nitrogens is 1. The summed E-state index contributed by atoms with van der Waals surface area (Å²) in [6.45, 7) is 4.57. The number of carbonyl (C=O) groups is 1. The van der Waals surface area contributed by atoms with Gasteiger partial charge in [0.2, 0.25) is 12.7 Å². The van der Waals surface area contributed by atoms with Crippen molar-refractivity contribution in [3.05, 3.63) is 52.7 Å². The molecule has 6 nitrogen and oxygen atoms in total. The smallest absolute Gasteiger partial charge is 0.236 e. The molecule has 1 saturated heterocycles. The fourth-order valence-electron chi connectivity index (χ4n) is 3.99. The molecule has 0 radical (unpaired) electrons. The largest absolute Gasteiger partial charge is 0.454 e. The Labute approximate surface area is 173 Å². The molecule has 0 amide bonds. The van der Waals surface area contributed by atoms with Crippen molar-refractivity contribution in [3.8, 4) is 22.3 Å². The van der Waals surface area contributed by atoms with Gasteiger partial charge < -0.3 is 13.9 Å². The highest BCUT2D eigenvalue weighted by atomic mass is 32.1. The molecule has 0 saturated carbocycles. The van der Waals surface area contributed by atoms with Crippen LogP contribution in [0.2, 0.25) is 0 Å². The lowest BCUT2D eigenvalue weighted by atomic mass is 9.89. The van der Waals surface area contributed by atoms with Crippen molar-refractivity contribution in [1.82, 2.24) is 9.88 Å². The lowest BCUT2D eigenvalue weighted by Gasteiger charge is -2.31. The number of ketones is 1. The fraction of sp³-hybridized carbons (Fsp3) is 0.364. The number of hydrogen-bond acceptors (Lipinski definition) is 7. The molecule has 1 atom stereocenters. The van der Waals surface area contributed by atoms with Crippen molar-refractivity contribution in [2.45, 2.75) is 26.3 Å². The summed E-state index contributed by atoms with van der Waals surface area (Å²) in [6, 6.07) is 9.47. The van der Waals surface area contributed by atoms with Crippen LogP contribution in [0.5, 0.6) is 11.5 Å². The summed E-state index contributed by atoms with van der Waals surface area (Å²) >= 11 is 1.62. The Morgan fingerprint density at radius 1 is 1.28 bits per heavy atom. The molecule has 2 aliphatic heterocycles. The van der Waals surface area contributed by atoms with Gasteiger partial charge in [0.1, 0.15) is 5.76 Å². The summed E-state index contributed by atoms with van der Waals surface area (Å²) in [5.74, 6) is 3.03. The average molecular weight is 410 g/mol. The second kappa shape index (κ2) is 7.65. The minimum atomic E-state index is -0.0203. The monoisotopic (exact) mass is 410 g/mol. The van der Waals surface area contributed by atoms with Crippen LogP contribution in [0.25, 0.3) is 10.8 Å². The number of Topliss-reactive ketones (excluding diaryl/α,β-unsaturated/α-hetero) is 1. The third-order valence-corrected chi connectivity index (χ3v) is 6.39. The summed E-state index contributed by atoms with van der Waals surface area (Å²) in [5.41, 5.74) is 1.64. The van der Waals surface area contributed by atoms with Gasteiger partial charge in [-0.3, -0.25) is 9.69 Å². The zero-order chi connectivity index (χ0) is 19.8. The SMILES string of the molecule is Cc1oc(-c2cccs2)nc1CN1CCCC(C(=O)c2ccc3c(c2)OCO3)C1. The Bertz CT molecular complexity index is 1030. The van der Waals surface area contributed by atoms with Crippen LogP contribution in [0, 0.1) is 12.8 Å². The van der Waals surface area contributed by atoms with E-state index < -0.39 is 0 Å². The van der Waals surface area contributed by atoms with Crippen molar-refractivity contribution in [3.63, 3.8) is 0 Å². The molecular weight excluding hydrogens is 388 g/mol. The molecule has 2 aliphatic rings. The molecule has 4 heterocycles. The molecule has 0 spiro atoms. The van der Waals surface area contributed by atoms with Crippen LogP contribution < -0.4 is 9.47 Å². The Hall–Kier alpha value is -2.64. The van der Waals surface area contributed by atoms with Crippen LogP contribution in [0.3, 0.4) is 0 Å². The maximum Gasteiger partial charge on any atom is 0.236 e. The quantitative estimate of drug-likeness (QED) is 0.576. The first-order valence-electron chi connectivity index (χ1n) is 9.84. The van der Waals surface area contributed by atoms with Crippen LogP contribution >= 0.6 is 11.3 Å². The number of ether oxygens (including phenoxy) is 2. The molecule has 0 bridgehead atoms. The number of carbonyl (C=O) groups excluding carboxylic acids is 1. The average Bonchev–Trinajstić information content (AvgIpc) is 3.48. The third kappa shape index (κ3) is 3.68. The number of oxazole rings is 1. The van der Waals surface area contributed by atoms with E-state index in [9.17, 15) is 4.79 Å². The Morgan fingerprint density at radius 3 is 3.03 bits per heavy atom. The highest BCUT2D eigenvalue weighted by molar-refractivity contribution is 7.13. The van der Waals surface area contributed by atoms with E-state index in [0.29, 0.717) is 29.5 Å². The molecule has 1 aromatic carbocycles. The molecule has 3 aromatic rings. The van der Waals surface area contributed by atoms with Gasteiger partial charge in [-0.15, -0.1) is 11.3 Å². The number of hydrogen-bond donors (Lipinski definition) is 0. The Kier molecular flexibility index (Phi) is 4.85. The maximum absolute atomic E-state index is 13.1. The minimum absolute atomic E-state index is 0.0203. The van der Waals surface area contributed by atoms with Gasteiger partial charge in [0.05, 0.1) is 10.6 Å². The van der Waals surface area contributed by atoms with Crippen LogP contribution in [0.1, 0.15) is 34.7 Å². The number of fused-ring (bicyclic) bond motifs is 1. The van der Waals surface area contributed by atoms with Gasteiger partial charge in [-0.05, 0) is 56.0 Å². The number of piperidine rings is 1. The van der Waals surface area contributed by atoms with E-state index in [4.69, 9.17) is 18.9 Å². The van der Waals surface area contributed by atoms with Crippen molar-refractivity contribution < 1.29 is 18.7 Å². The topological polar surface area (TPSA) is 64.8 Å². The molecule has 150 valence electrons. The van der Waals surface area contributed by atoms with E-state index >= 15 is 0 Å². The second-order valence-corrected chi connectivity index (χ2v) is 8.45. The van der Waals surface area contributed by atoms with E-state index in [1.807, 2.05) is 36.6 Å². The van der Waals surface area contributed by atoms with Crippen molar-refractivity contribution >= 4 is 17.1 Å². The van der Waals surface area contributed by atoms with Gasteiger partial charge in [-0.2, -0.15) is 0 Å². The zero-order valence-corrected chi connectivity index (χ0v) is 17.0.